The van der Waals surface area contributed by atoms with Crippen molar-refractivity contribution in [2.45, 2.75) is 18.4 Å². The van der Waals surface area contributed by atoms with Crippen LogP contribution in [0.2, 0.25) is 5.02 Å². The highest BCUT2D eigenvalue weighted by atomic mass is 35.5. The van der Waals surface area contributed by atoms with Gasteiger partial charge in [-0.15, -0.1) is 0 Å². The molecular formula is C23H19ClN2O4. The number of ether oxygens (including phenoxy) is 1. The van der Waals surface area contributed by atoms with Crippen LogP contribution in [0.3, 0.4) is 0 Å². The summed E-state index contributed by atoms with van der Waals surface area (Å²) in [6, 6.07) is 18.0. The summed E-state index contributed by atoms with van der Waals surface area (Å²) in [6.45, 7) is 0.113. The van der Waals surface area contributed by atoms with Crippen LogP contribution < -0.4 is 5.32 Å². The average molecular weight is 423 g/mol. The van der Waals surface area contributed by atoms with Crippen molar-refractivity contribution in [2.24, 2.45) is 0 Å². The number of hydrogen-bond donors (Lipinski definition) is 2. The van der Waals surface area contributed by atoms with Crippen LogP contribution in [0.1, 0.15) is 22.7 Å². The summed E-state index contributed by atoms with van der Waals surface area (Å²) in [7, 11) is 0. The number of aliphatic carboxylic acids is 1. The molecule has 6 nitrogen and oxygen atoms in total. The van der Waals surface area contributed by atoms with Crippen LogP contribution in [0.5, 0.6) is 0 Å². The highest BCUT2D eigenvalue weighted by Crippen LogP contribution is 2.44. The monoisotopic (exact) mass is 422 g/mol. The molecule has 1 heterocycles. The number of aromatic nitrogens is 1. The molecule has 1 aliphatic rings. The van der Waals surface area contributed by atoms with Gasteiger partial charge in [-0.2, -0.15) is 0 Å². The molecule has 0 bridgehead atoms. The minimum atomic E-state index is -1.18. The third-order valence-corrected chi connectivity index (χ3v) is 5.36. The van der Waals surface area contributed by atoms with Gasteiger partial charge in [0.2, 0.25) is 0 Å². The van der Waals surface area contributed by atoms with Crippen LogP contribution in [0.4, 0.5) is 4.79 Å². The Hall–Kier alpha value is -3.38. The minimum Gasteiger partial charge on any atom is -0.480 e. The lowest BCUT2D eigenvalue weighted by molar-refractivity contribution is -0.139. The quantitative estimate of drug-likeness (QED) is 0.619. The average Bonchev–Trinajstić information content (AvgIpc) is 3.06. The number of halogens is 1. The lowest BCUT2D eigenvalue weighted by atomic mass is 9.98. The largest absolute Gasteiger partial charge is 0.480 e. The summed E-state index contributed by atoms with van der Waals surface area (Å²) in [5, 5.41) is 12.3. The summed E-state index contributed by atoms with van der Waals surface area (Å²) in [6.07, 6.45) is 0.704. The van der Waals surface area contributed by atoms with Gasteiger partial charge in [0, 0.05) is 29.3 Å². The van der Waals surface area contributed by atoms with Gasteiger partial charge >= 0.3 is 12.1 Å². The van der Waals surface area contributed by atoms with E-state index in [1.54, 1.807) is 12.1 Å². The van der Waals surface area contributed by atoms with Gasteiger partial charge in [-0.05, 0) is 34.4 Å². The van der Waals surface area contributed by atoms with E-state index in [0.29, 0.717) is 10.7 Å². The highest BCUT2D eigenvalue weighted by molar-refractivity contribution is 6.30. The number of rotatable bonds is 6. The zero-order valence-electron chi connectivity index (χ0n) is 15.9. The Morgan fingerprint density at radius 2 is 1.70 bits per heavy atom. The number of alkyl carbamates (subject to hydrolysis) is 1. The van der Waals surface area contributed by atoms with E-state index >= 15 is 0 Å². The van der Waals surface area contributed by atoms with Gasteiger partial charge < -0.3 is 15.2 Å². The number of carboxylic acids is 1. The van der Waals surface area contributed by atoms with Gasteiger partial charge in [-0.25, -0.2) is 9.59 Å². The lowest BCUT2D eigenvalue weighted by Gasteiger charge is -2.17. The molecule has 0 fully saturated rings. The summed E-state index contributed by atoms with van der Waals surface area (Å²) in [4.78, 5) is 28.0. The molecule has 2 aromatic carbocycles. The van der Waals surface area contributed by atoms with Gasteiger partial charge in [-0.3, -0.25) is 4.98 Å². The summed E-state index contributed by atoms with van der Waals surface area (Å²) in [5.41, 5.74) is 4.89. The van der Waals surface area contributed by atoms with Crippen molar-refractivity contribution in [3.63, 3.8) is 0 Å². The number of benzene rings is 2. The standard InChI is InChI=1S/C23H19ClN2O4/c24-14-9-10-25-15(11-14)12-21(22(27)28)26-23(29)30-13-20-18-7-3-1-5-16(18)17-6-2-4-8-19(17)20/h1-11,20-21H,12-13H2,(H,26,29)(H,27,28)/t21-/m1/s1. The molecule has 152 valence electrons. The van der Waals surface area contributed by atoms with E-state index < -0.39 is 18.1 Å². The molecule has 30 heavy (non-hydrogen) atoms. The fourth-order valence-corrected chi connectivity index (χ4v) is 3.93. The third kappa shape index (κ3) is 4.14. The Balaban J connectivity index is 1.43. The highest BCUT2D eigenvalue weighted by Gasteiger charge is 2.29. The first-order valence-corrected chi connectivity index (χ1v) is 9.85. The number of hydrogen-bond acceptors (Lipinski definition) is 4. The molecule has 2 N–H and O–H groups in total. The van der Waals surface area contributed by atoms with Gasteiger partial charge in [-0.1, -0.05) is 60.1 Å². The second-order valence-electron chi connectivity index (χ2n) is 7.03. The first kappa shape index (κ1) is 19.9. The Labute approximate surface area is 178 Å². The first-order chi connectivity index (χ1) is 14.5. The van der Waals surface area contributed by atoms with E-state index in [9.17, 15) is 14.7 Å². The number of amides is 1. The van der Waals surface area contributed by atoms with Gasteiger partial charge in [0.25, 0.3) is 0 Å². The molecule has 1 aliphatic carbocycles. The zero-order chi connectivity index (χ0) is 21.1. The molecule has 0 radical (unpaired) electrons. The van der Waals surface area contributed by atoms with Gasteiger partial charge in [0.1, 0.15) is 12.6 Å². The lowest BCUT2D eigenvalue weighted by Crippen LogP contribution is -2.43. The molecule has 0 spiro atoms. The number of fused-ring (bicyclic) bond motifs is 3. The number of nitrogens with zero attached hydrogens (tertiary/aromatic N) is 1. The fraction of sp³-hybridized carbons (Fsp3) is 0.174. The normalized spacial score (nSPS) is 13.2. The maximum Gasteiger partial charge on any atom is 0.407 e. The van der Waals surface area contributed by atoms with E-state index in [2.05, 4.69) is 10.3 Å². The van der Waals surface area contributed by atoms with Gasteiger partial charge in [0.05, 0.1) is 0 Å². The second kappa shape index (κ2) is 8.55. The topological polar surface area (TPSA) is 88.5 Å². The molecule has 0 saturated carbocycles. The minimum absolute atomic E-state index is 0.0000880. The number of carbonyl (C=O) groups excluding carboxylic acids is 1. The van der Waals surface area contributed by atoms with Crippen LogP contribution in [0, 0.1) is 0 Å². The second-order valence-corrected chi connectivity index (χ2v) is 7.47. The Bertz CT molecular complexity index is 1060. The van der Waals surface area contributed by atoms with E-state index in [0.717, 1.165) is 22.3 Å². The molecule has 1 atom stereocenters. The van der Waals surface area contributed by atoms with Crippen LogP contribution in [0.25, 0.3) is 11.1 Å². The number of pyridine rings is 1. The summed E-state index contributed by atoms with van der Waals surface area (Å²) in [5.74, 6) is -1.27. The van der Waals surface area contributed by atoms with E-state index in [1.807, 2.05) is 48.5 Å². The van der Waals surface area contributed by atoms with E-state index in [1.165, 1.54) is 6.20 Å². The molecule has 1 amide bonds. The molecule has 0 saturated heterocycles. The maximum atomic E-state index is 12.4. The van der Waals surface area contributed by atoms with Crippen molar-refractivity contribution in [1.82, 2.24) is 10.3 Å². The smallest absolute Gasteiger partial charge is 0.407 e. The van der Waals surface area contributed by atoms with Crippen molar-refractivity contribution in [3.8, 4) is 11.1 Å². The fourth-order valence-electron chi connectivity index (χ4n) is 3.75. The van der Waals surface area contributed by atoms with E-state index in [4.69, 9.17) is 16.3 Å². The summed E-state index contributed by atoms with van der Waals surface area (Å²) < 4.78 is 5.42. The number of carbonyl (C=O) groups is 2. The SMILES string of the molecule is O=C(N[C@H](Cc1cc(Cl)ccn1)C(=O)O)OCC1c2ccccc2-c2ccccc21. The molecule has 4 rings (SSSR count). The van der Waals surface area contributed by atoms with Crippen LogP contribution in [0.15, 0.2) is 66.9 Å². The van der Waals surface area contributed by atoms with Crippen molar-refractivity contribution in [1.29, 1.82) is 0 Å². The summed E-state index contributed by atoms with van der Waals surface area (Å²) >= 11 is 5.92. The molecule has 3 aromatic rings. The van der Waals surface area contributed by atoms with E-state index in [-0.39, 0.29) is 18.9 Å². The zero-order valence-corrected chi connectivity index (χ0v) is 16.7. The van der Waals surface area contributed by atoms with Crippen molar-refractivity contribution >= 4 is 23.7 Å². The molecule has 0 aliphatic heterocycles. The third-order valence-electron chi connectivity index (χ3n) is 5.13. The Kier molecular flexibility index (Phi) is 5.68. The van der Waals surface area contributed by atoms with Crippen LogP contribution >= 0.6 is 11.6 Å². The van der Waals surface area contributed by atoms with Gasteiger partial charge in [0.15, 0.2) is 0 Å². The predicted octanol–water partition coefficient (Wildman–Crippen LogP) is 4.27. The van der Waals surface area contributed by atoms with Crippen molar-refractivity contribution in [3.05, 3.63) is 88.7 Å². The Morgan fingerprint density at radius 1 is 1.07 bits per heavy atom. The molecule has 7 heteroatoms. The van der Waals surface area contributed by atoms with Crippen LogP contribution in [-0.2, 0) is 16.0 Å². The number of nitrogens with one attached hydrogen (secondary N) is 1. The maximum absolute atomic E-state index is 12.4. The molecule has 0 unspecified atom stereocenters. The number of carboxylic acid groups (broad SMARTS) is 1. The first-order valence-electron chi connectivity index (χ1n) is 9.47. The van der Waals surface area contributed by atoms with Crippen molar-refractivity contribution in [2.75, 3.05) is 6.61 Å². The predicted molar refractivity (Wildman–Crippen MR) is 113 cm³/mol. The molecule has 1 aromatic heterocycles. The van der Waals surface area contributed by atoms with Crippen molar-refractivity contribution < 1.29 is 19.4 Å². The van der Waals surface area contributed by atoms with Crippen LogP contribution in [-0.4, -0.2) is 34.8 Å². The molecular weight excluding hydrogens is 404 g/mol. The Morgan fingerprint density at radius 3 is 2.30 bits per heavy atom.